The van der Waals surface area contributed by atoms with Gasteiger partial charge in [0.25, 0.3) is 11.8 Å². The van der Waals surface area contributed by atoms with E-state index < -0.39 is 0 Å². The Morgan fingerprint density at radius 3 is 2.35 bits per heavy atom. The molecule has 1 aromatic heterocycles. The summed E-state index contributed by atoms with van der Waals surface area (Å²) in [5, 5.41) is 11.9. The smallest absolute Gasteiger partial charge is 0.267 e. The SMILES string of the molecule is CN(C)C(=O)c1ccc(Cn2c(C(=O)NCC3CCCCC3)cc3ccc(C(=N)N)cc32)cc1. The second-order valence-electron chi connectivity index (χ2n) is 9.41. The number of amides is 2. The molecule has 0 saturated heterocycles. The molecule has 2 amide bonds. The number of nitrogens with one attached hydrogen (secondary N) is 2. The van der Waals surface area contributed by atoms with Gasteiger partial charge in [-0.2, -0.15) is 0 Å². The predicted molar refractivity (Wildman–Crippen MR) is 135 cm³/mol. The number of nitrogen functional groups attached to an aromatic ring is 1. The van der Waals surface area contributed by atoms with Crippen molar-refractivity contribution in [3.05, 3.63) is 70.9 Å². The van der Waals surface area contributed by atoms with E-state index in [-0.39, 0.29) is 17.6 Å². The van der Waals surface area contributed by atoms with Crippen molar-refractivity contribution in [3.8, 4) is 0 Å². The molecule has 7 heteroatoms. The van der Waals surface area contributed by atoms with Crippen LogP contribution in [0.2, 0.25) is 0 Å². The van der Waals surface area contributed by atoms with Gasteiger partial charge in [0, 0.05) is 49.2 Å². The lowest BCUT2D eigenvalue weighted by Crippen LogP contribution is -2.31. The van der Waals surface area contributed by atoms with Crippen LogP contribution in [0, 0.1) is 11.3 Å². The number of nitrogens with zero attached hydrogens (tertiary/aromatic N) is 2. The van der Waals surface area contributed by atoms with Gasteiger partial charge in [0.15, 0.2) is 0 Å². The standard InChI is InChI=1S/C27H33N5O2/c1-31(2)27(34)20-10-8-19(9-11-20)17-32-23-15-22(25(28)29)13-12-21(23)14-24(32)26(33)30-16-18-6-4-3-5-7-18/h8-15,18H,3-7,16-17H2,1-2H3,(H3,28,29)(H,30,33). The van der Waals surface area contributed by atoms with Crippen molar-refractivity contribution in [2.45, 2.75) is 38.6 Å². The number of hydrogen-bond donors (Lipinski definition) is 3. The monoisotopic (exact) mass is 459 g/mol. The van der Waals surface area contributed by atoms with Crippen molar-refractivity contribution in [1.82, 2.24) is 14.8 Å². The summed E-state index contributed by atoms with van der Waals surface area (Å²) in [7, 11) is 3.46. The normalized spacial score (nSPS) is 14.2. The van der Waals surface area contributed by atoms with Crippen molar-refractivity contribution >= 4 is 28.6 Å². The molecule has 178 valence electrons. The third kappa shape index (κ3) is 5.14. The Hall–Kier alpha value is -3.61. The minimum atomic E-state index is -0.0921. The molecular formula is C27H33N5O2. The Kier molecular flexibility index (Phi) is 7.01. The van der Waals surface area contributed by atoms with Crippen molar-refractivity contribution < 1.29 is 9.59 Å². The molecule has 1 aliphatic carbocycles. The summed E-state index contributed by atoms with van der Waals surface area (Å²) in [6, 6.07) is 14.9. The van der Waals surface area contributed by atoms with Crippen LogP contribution in [0.25, 0.3) is 10.9 Å². The lowest BCUT2D eigenvalue weighted by atomic mass is 9.89. The molecule has 0 bridgehead atoms. The quantitative estimate of drug-likeness (QED) is 0.368. The highest BCUT2D eigenvalue weighted by molar-refractivity contribution is 6.02. The topological polar surface area (TPSA) is 104 Å². The first-order valence-electron chi connectivity index (χ1n) is 11.9. The zero-order chi connectivity index (χ0) is 24.2. The van der Waals surface area contributed by atoms with Crippen LogP contribution < -0.4 is 11.1 Å². The molecule has 1 aliphatic rings. The number of rotatable bonds is 7. The number of benzene rings is 2. The molecule has 0 atom stereocenters. The molecule has 0 aliphatic heterocycles. The van der Waals surface area contributed by atoms with Crippen LogP contribution >= 0.6 is 0 Å². The first-order chi connectivity index (χ1) is 16.3. The largest absolute Gasteiger partial charge is 0.384 e. The molecule has 0 radical (unpaired) electrons. The van der Waals surface area contributed by atoms with E-state index in [4.69, 9.17) is 11.1 Å². The van der Waals surface area contributed by atoms with Gasteiger partial charge in [0.2, 0.25) is 0 Å². The Morgan fingerprint density at radius 1 is 1.03 bits per heavy atom. The van der Waals surface area contributed by atoms with E-state index in [9.17, 15) is 9.59 Å². The summed E-state index contributed by atoms with van der Waals surface area (Å²) in [4.78, 5) is 27.0. The van der Waals surface area contributed by atoms with Gasteiger partial charge in [-0.15, -0.1) is 0 Å². The Bertz CT molecular complexity index is 1200. The van der Waals surface area contributed by atoms with Crippen LogP contribution in [0.15, 0.2) is 48.5 Å². The maximum absolute atomic E-state index is 13.3. The highest BCUT2D eigenvalue weighted by Crippen LogP contribution is 2.25. The average molecular weight is 460 g/mol. The Balaban J connectivity index is 1.64. The second-order valence-corrected chi connectivity index (χ2v) is 9.41. The van der Waals surface area contributed by atoms with E-state index in [1.807, 2.05) is 47.0 Å². The van der Waals surface area contributed by atoms with Crippen molar-refractivity contribution in [2.24, 2.45) is 11.7 Å². The molecule has 3 aromatic rings. The van der Waals surface area contributed by atoms with E-state index in [0.29, 0.717) is 35.8 Å². The van der Waals surface area contributed by atoms with Gasteiger partial charge in [0.05, 0.1) is 0 Å². The van der Waals surface area contributed by atoms with Crippen LogP contribution in [0.1, 0.15) is 64.1 Å². The molecule has 2 aromatic carbocycles. The molecular weight excluding hydrogens is 426 g/mol. The lowest BCUT2D eigenvalue weighted by Gasteiger charge is -2.22. The highest BCUT2D eigenvalue weighted by atomic mass is 16.2. The van der Waals surface area contributed by atoms with E-state index in [2.05, 4.69) is 5.32 Å². The Morgan fingerprint density at radius 2 is 1.71 bits per heavy atom. The van der Waals surface area contributed by atoms with Gasteiger partial charge in [-0.25, -0.2) is 0 Å². The maximum atomic E-state index is 13.3. The molecule has 1 saturated carbocycles. The summed E-state index contributed by atoms with van der Waals surface area (Å²) in [6.07, 6.45) is 6.10. The fourth-order valence-electron chi connectivity index (χ4n) is 4.69. The van der Waals surface area contributed by atoms with E-state index in [1.165, 1.54) is 32.1 Å². The molecule has 0 spiro atoms. The number of amidine groups is 1. The number of fused-ring (bicyclic) bond motifs is 1. The van der Waals surface area contributed by atoms with Crippen LogP contribution in [0.3, 0.4) is 0 Å². The van der Waals surface area contributed by atoms with Crippen molar-refractivity contribution in [3.63, 3.8) is 0 Å². The summed E-state index contributed by atoms with van der Waals surface area (Å²) in [6.45, 7) is 1.16. The molecule has 34 heavy (non-hydrogen) atoms. The third-order valence-electron chi connectivity index (χ3n) is 6.67. The molecule has 1 heterocycles. The predicted octanol–water partition coefficient (Wildman–Crippen LogP) is 3.99. The summed E-state index contributed by atoms with van der Waals surface area (Å²) >= 11 is 0. The molecule has 4 rings (SSSR count). The minimum absolute atomic E-state index is 0.00972. The Labute approximate surface area is 200 Å². The zero-order valence-electron chi connectivity index (χ0n) is 19.9. The second kappa shape index (κ2) is 10.1. The van der Waals surface area contributed by atoms with Gasteiger partial charge in [-0.3, -0.25) is 15.0 Å². The van der Waals surface area contributed by atoms with Gasteiger partial charge in [0.1, 0.15) is 11.5 Å². The van der Waals surface area contributed by atoms with Crippen LogP contribution in [0.5, 0.6) is 0 Å². The highest BCUT2D eigenvalue weighted by Gasteiger charge is 2.19. The van der Waals surface area contributed by atoms with Gasteiger partial charge in [-0.1, -0.05) is 43.5 Å². The number of aromatic nitrogens is 1. The van der Waals surface area contributed by atoms with Crippen molar-refractivity contribution in [1.29, 1.82) is 5.41 Å². The maximum Gasteiger partial charge on any atom is 0.267 e. The first kappa shape index (κ1) is 23.5. The molecule has 4 N–H and O–H groups in total. The van der Waals surface area contributed by atoms with Crippen LogP contribution in [-0.4, -0.2) is 47.8 Å². The number of hydrogen-bond acceptors (Lipinski definition) is 3. The summed E-state index contributed by atoms with van der Waals surface area (Å²) in [5.41, 5.74) is 9.38. The fraction of sp³-hybridized carbons (Fsp3) is 0.370. The fourth-order valence-corrected chi connectivity index (χ4v) is 4.69. The van der Waals surface area contributed by atoms with E-state index in [1.54, 1.807) is 25.1 Å². The molecule has 0 unspecified atom stereocenters. The number of nitrogens with two attached hydrogens (primary N) is 1. The molecule has 7 nitrogen and oxygen atoms in total. The van der Waals surface area contributed by atoms with E-state index in [0.717, 1.165) is 16.5 Å². The van der Waals surface area contributed by atoms with Crippen molar-refractivity contribution in [2.75, 3.05) is 20.6 Å². The average Bonchev–Trinajstić information content (AvgIpc) is 3.20. The third-order valence-corrected chi connectivity index (χ3v) is 6.67. The first-order valence-corrected chi connectivity index (χ1v) is 11.9. The molecule has 1 fully saturated rings. The summed E-state index contributed by atoms with van der Waals surface area (Å²) in [5.74, 6) is 0.392. The van der Waals surface area contributed by atoms with Gasteiger partial charge < -0.3 is 20.5 Å². The van der Waals surface area contributed by atoms with Crippen LogP contribution in [-0.2, 0) is 6.54 Å². The number of carbonyl (C=O) groups is 2. The summed E-state index contributed by atoms with van der Waals surface area (Å²) < 4.78 is 1.97. The van der Waals surface area contributed by atoms with Gasteiger partial charge in [-0.05, 0) is 48.6 Å². The van der Waals surface area contributed by atoms with Crippen LogP contribution in [0.4, 0.5) is 0 Å². The minimum Gasteiger partial charge on any atom is -0.384 e. The van der Waals surface area contributed by atoms with E-state index >= 15 is 0 Å². The lowest BCUT2D eigenvalue weighted by molar-refractivity contribution is 0.0827. The zero-order valence-corrected chi connectivity index (χ0v) is 19.9. The van der Waals surface area contributed by atoms with Gasteiger partial charge >= 0.3 is 0 Å². The number of carbonyl (C=O) groups excluding carboxylic acids is 2.